The average Bonchev–Trinajstić information content (AvgIpc) is 3.21. The number of hydrogen-bond acceptors (Lipinski definition) is 4. The van der Waals surface area contributed by atoms with Gasteiger partial charge in [-0.1, -0.05) is 24.3 Å². The van der Waals surface area contributed by atoms with Crippen LogP contribution >= 0.6 is 0 Å². The Hall–Kier alpha value is -3.36. The molecule has 0 bridgehead atoms. The van der Waals surface area contributed by atoms with Crippen LogP contribution in [0.1, 0.15) is 29.2 Å². The van der Waals surface area contributed by atoms with E-state index >= 15 is 0 Å². The van der Waals surface area contributed by atoms with Gasteiger partial charge in [-0.3, -0.25) is 10.1 Å². The van der Waals surface area contributed by atoms with Crippen LogP contribution in [0.4, 0.5) is 18.9 Å². The highest BCUT2D eigenvalue weighted by Crippen LogP contribution is 2.41. The predicted molar refractivity (Wildman–Crippen MR) is 97.6 cm³/mol. The van der Waals surface area contributed by atoms with E-state index < -0.39 is 34.2 Å². The van der Waals surface area contributed by atoms with Gasteiger partial charge in [0.15, 0.2) is 0 Å². The van der Waals surface area contributed by atoms with Gasteiger partial charge in [0.25, 0.3) is 5.69 Å². The molecule has 1 aliphatic rings. The van der Waals surface area contributed by atoms with Gasteiger partial charge in [-0.2, -0.15) is 13.2 Å². The van der Waals surface area contributed by atoms with Crippen molar-refractivity contribution < 1.29 is 22.8 Å². The second kappa shape index (κ2) is 7.23. The van der Waals surface area contributed by atoms with E-state index in [0.717, 1.165) is 23.3 Å². The lowest BCUT2D eigenvalue weighted by Gasteiger charge is -2.35. The van der Waals surface area contributed by atoms with Crippen LogP contribution in [0, 0.1) is 10.1 Å². The van der Waals surface area contributed by atoms with Crippen LogP contribution in [0.15, 0.2) is 61.2 Å². The Morgan fingerprint density at radius 1 is 1.21 bits per heavy atom. The summed E-state index contributed by atoms with van der Waals surface area (Å²) >= 11 is 0. The van der Waals surface area contributed by atoms with Crippen LogP contribution in [0.5, 0.6) is 5.75 Å². The highest BCUT2D eigenvalue weighted by Gasteiger charge is 2.39. The zero-order valence-electron chi connectivity index (χ0n) is 15.0. The summed E-state index contributed by atoms with van der Waals surface area (Å²) in [6.07, 6.45) is 0.711. The molecule has 0 unspecified atom stereocenters. The number of fused-ring (bicyclic) bond motifs is 1. The van der Waals surface area contributed by atoms with E-state index in [1.165, 1.54) is 0 Å². The van der Waals surface area contributed by atoms with Crippen LogP contribution < -0.4 is 4.74 Å². The molecule has 1 aliphatic carbocycles. The molecular formula is C20H16F3N3O3. The standard InChI is InChI=1S/C20H16F3N3O3/c21-20(22,23)16-11-14(26(27)28)6-8-17(16)29-18-7-5-13-3-1-2-4-15(13)19(18)25-10-9-24-12-25/h1-4,6,8-12,18-19H,5,7H2/t18-,19-/m0/s1. The average molecular weight is 403 g/mol. The summed E-state index contributed by atoms with van der Waals surface area (Å²) in [5.41, 5.74) is 0.266. The first-order valence-electron chi connectivity index (χ1n) is 8.92. The van der Waals surface area contributed by atoms with Gasteiger partial charge in [0, 0.05) is 24.5 Å². The van der Waals surface area contributed by atoms with Crippen molar-refractivity contribution in [3.63, 3.8) is 0 Å². The summed E-state index contributed by atoms with van der Waals surface area (Å²) in [5, 5.41) is 10.9. The summed E-state index contributed by atoms with van der Waals surface area (Å²) in [4.78, 5) is 14.1. The van der Waals surface area contributed by atoms with Gasteiger partial charge in [0.2, 0.25) is 0 Å². The van der Waals surface area contributed by atoms with Gasteiger partial charge < -0.3 is 9.30 Å². The van der Waals surface area contributed by atoms with Crippen LogP contribution in [-0.4, -0.2) is 20.6 Å². The highest BCUT2D eigenvalue weighted by molar-refractivity contribution is 5.46. The first-order chi connectivity index (χ1) is 13.8. The second-order valence-corrected chi connectivity index (χ2v) is 6.78. The minimum Gasteiger partial charge on any atom is -0.487 e. The molecule has 29 heavy (non-hydrogen) atoms. The number of aryl methyl sites for hydroxylation is 1. The third-order valence-electron chi connectivity index (χ3n) is 5.03. The zero-order valence-corrected chi connectivity index (χ0v) is 15.0. The summed E-state index contributed by atoms with van der Waals surface area (Å²) in [7, 11) is 0. The number of nitro groups is 1. The number of halogens is 3. The number of nitro benzene ring substituents is 1. The van der Waals surface area contributed by atoms with Gasteiger partial charge in [-0.25, -0.2) is 4.98 Å². The number of benzene rings is 2. The van der Waals surface area contributed by atoms with E-state index in [9.17, 15) is 23.3 Å². The quantitative estimate of drug-likeness (QED) is 0.464. The molecule has 0 amide bonds. The third kappa shape index (κ3) is 3.67. The maximum Gasteiger partial charge on any atom is 0.420 e. The first kappa shape index (κ1) is 19.0. The van der Waals surface area contributed by atoms with Crippen molar-refractivity contribution in [1.29, 1.82) is 0 Å². The fourth-order valence-electron chi connectivity index (χ4n) is 3.74. The van der Waals surface area contributed by atoms with Gasteiger partial charge in [0.1, 0.15) is 17.4 Å². The lowest BCUT2D eigenvalue weighted by Crippen LogP contribution is -2.35. The molecule has 0 aliphatic heterocycles. The molecule has 1 heterocycles. The van der Waals surface area contributed by atoms with Crippen molar-refractivity contribution in [3.05, 3.63) is 88.0 Å². The normalized spacial score (nSPS) is 18.9. The monoisotopic (exact) mass is 403 g/mol. The molecule has 0 saturated heterocycles. The molecule has 0 saturated carbocycles. The van der Waals surface area contributed by atoms with Crippen molar-refractivity contribution in [3.8, 4) is 5.75 Å². The Morgan fingerprint density at radius 2 is 2.00 bits per heavy atom. The van der Waals surface area contributed by atoms with E-state index in [2.05, 4.69) is 4.98 Å². The maximum absolute atomic E-state index is 13.5. The van der Waals surface area contributed by atoms with Crippen molar-refractivity contribution >= 4 is 5.69 Å². The fraction of sp³-hybridized carbons (Fsp3) is 0.250. The molecule has 2 atom stereocenters. The van der Waals surface area contributed by atoms with Crippen LogP contribution in [0.25, 0.3) is 0 Å². The largest absolute Gasteiger partial charge is 0.487 e. The van der Waals surface area contributed by atoms with Crippen molar-refractivity contribution in [2.45, 2.75) is 31.2 Å². The Kier molecular flexibility index (Phi) is 4.73. The van der Waals surface area contributed by atoms with Gasteiger partial charge in [-0.05, 0) is 30.0 Å². The number of imidazole rings is 1. The van der Waals surface area contributed by atoms with E-state index in [1.54, 1.807) is 23.3 Å². The molecule has 3 aromatic rings. The van der Waals surface area contributed by atoms with Gasteiger partial charge in [-0.15, -0.1) is 0 Å². The topological polar surface area (TPSA) is 70.2 Å². The van der Waals surface area contributed by atoms with Gasteiger partial charge >= 0.3 is 6.18 Å². The fourth-order valence-corrected chi connectivity index (χ4v) is 3.74. The van der Waals surface area contributed by atoms with Crippen molar-refractivity contribution in [2.24, 2.45) is 0 Å². The molecule has 0 spiro atoms. The van der Waals surface area contributed by atoms with E-state index in [1.807, 2.05) is 24.3 Å². The lowest BCUT2D eigenvalue weighted by molar-refractivity contribution is -0.385. The van der Waals surface area contributed by atoms with E-state index in [-0.39, 0.29) is 6.04 Å². The summed E-state index contributed by atoms with van der Waals surface area (Å²) in [6.45, 7) is 0. The summed E-state index contributed by atoms with van der Waals surface area (Å²) < 4.78 is 48.3. The Balaban J connectivity index is 1.75. The molecular weight excluding hydrogens is 387 g/mol. The molecule has 9 heteroatoms. The number of non-ortho nitro benzene ring substituents is 1. The molecule has 6 nitrogen and oxygen atoms in total. The van der Waals surface area contributed by atoms with Crippen LogP contribution in [-0.2, 0) is 12.6 Å². The van der Waals surface area contributed by atoms with Crippen LogP contribution in [0.3, 0.4) is 0 Å². The van der Waals surface area contributed by atoms with Crippen molar-refractivity contribution in [2.75, 3.05) is 0 Å². The second-order valence-electron chi connectivity index (χ2n) is 6.78. The molecule has 0 N–H and O–H groups in total. The first-order valence-corrected chi connectivity index (χ1v) is 8.92. The smallest absolute Gasteiger partial charge is 0.420 e. The molecule has 0 fully saturated rings. The Morgan fingerprint density at radius 3 is 2.69 bits per heavy atom. The molecule has 4 rings (SSSR count). The highest BCUT2D eigenvalue weighted by atomic mass is 19.4. The summed E-state index contributed by atoms with van der Waals surface area (Å²) in [5.74, 6) is -0.419. The maximum atomic E-state index is 13.5. The van der Waals surface area contributed by atoms with Crippen LogP contribution in [0.2, 0.25) is 0 Å². The molecule has 150 valence electrons. The third-order valence-corrected chi connectivity index (χ3v) is 5.03. The minimum atomic E-state index is -4.78. The SMILES string of the molecule is O=[N+]([O-])c1ccc(O[C@H]2CCc3ccccc3[C@@H]2n2ccnc2)c(C(F)(F)F)c1. The van der Waals surface area contributed by atoms with E-state index in [0.29, 0.717) is 18.9 Å². The Labute approximate surface area is 163 Å². The predicted octanol–water partition coefficient (Wildman–Crippen LogP) is 4.79. The summed E-state index contributed by atoms with van der Waals surface area (Å²) in [6, 6.07) is 9.90. The van der Waals surface area contributed by atoms with Gasteiger partial charge in [0.05, 0.1) is 17.3 Å². The van der Waals surface area contributed by atoms with E-state index in [4.69, 9.17) is 4.74 Å². The number of aromatic nitrogens is 2. The number of ether oxygens (including phenoxy) is 1. The van der Waals surface area contributed by atoms with Crippen molar-refractivity contribution in [1.82, 2.24) is 9.55 Å². The number of alkyl halides is 3. The molecule has 2 aromatic carbocycles. The Bertz CT molecular complexity index is 1030. The lowest BCUT2D eigenvalue weighted by atomic mass is 9.85. The number of hydrogen-bond donors (Lipinski definition) is 0. The number of rotatable bonds is 4. The zero-order chi connectivity index (χ0) is 20.6. The number of nitrogens with zero attached hydrogens (tertiary/aromatic N) is 3. The molecule has 1 aromatic heterocycles. The minimum absolute atomic E-state index is 0.362. The molecule has 0 radical (unpaired) electrons.